The van der Waals surface area contributed by atoms with Gasteiger partial charge in [0.1, 0.15) is 5.75 Å². The first kappa shape index (κ1) is 27.5. The number of halogens is 1. The third-order valence-corrected chi connectivity index (χ3v) is 9.86. The Labute approximate surface area is 223 Å². The Bertz CT molecular complexity index is 1020. The van der Waals surface area contributed by atoms with Crippen molar-refractivity contribution in [2.45, 2.75) is 75.6 Å². The summed E-state index contributed by atoms with van der Waals surface area (Å²) in [5.74, 6) is 1.10. The molecule has 2 aromatic rings. The highest BCUT2D eigenvalue weighted by molar-refractivity contribution is 7.99. The summed E-state index contributed by atoms with van der Waals surface area (Å²) >= 11 is 8.59. The molecule has 0 radical (unpaired) electrons. The number of thioether (sulfide) groups is 1. The number of benzene rings is 1. The Morgan fingerprint density at radius 3 is 2.72 bits per heavy atom. The van der Waals surface area contributed by atoms with Gasteiger partial charge in [-0.2, -0.15) is 11.8 Å². The van der Waals surface area contributed by atoms with Gasteiger partial charge in [-0.15, -0.1) is 0 Å². The van der Waals surface area contributed by atoms with Crippen LogP contribution in [0.4, 0.5) is 0 Å². The minimum Gasteiger partial charge on any atom is -0.497 e. The number of methoxy groups -OCH3 is 1. The van der Waals surface area contributed by atoms with Gasteiger partial charge in [-0.25, -0.2) is 0 Å². The molecule has 198 valence electrons. The van der Waals surface area contributed by atoms with E-state index in [4.69, 9.17) is 16.3 Å². The highest BCUT2D eigenvalue weighted by Crippen LogP contribution is 2.41. The Hall–Kier alpha value is -1.54. The molecule has 0 bridgehead atoms. The molecule has 4 rings (SSSR count). The van der Waals surface area contributed by atoms with Gasteiger partial charge >= 0.3 is 5.97 Å². The van der Waals surface area contributed by atoms with Gasteiger partial charge in [0.05, 0.1) is 29.2 Å². The van der Waals surface area contributed by atoms with Gasteiger partial charge in [0.25, 0.3) is 0 Å². The molecule has 1 saturated heterocycles. The second kappa shape index (κ2) is 12.8. The molecule has 0 spiro atoms. The molecular weight excluding hydrogens is 496 g/mol. The lowest BCUT2D eigenvalue weighted by molar-refractivity contribution is -0.153. The van der Waals surface area contributed by atoms with Crippen LogP contribution in [0.2, 0.25) is 5.02 Å². The van der Waals surface area contributed by atoms with Crippen molar-refractivity contribution >= 4 is 40.2 Å². The zero-order valence-corrected chi connectivity index (χ0v) is 22.8. The van der Waals surface area contributed by atoms with Crippen molar-refractivity contribution in [1.82, 2.24) is 9.88 Å². The number of aliphatic hydroxyl groups excluding tert-OH is 1. The molecule has 8 heteroatoms. The highest BCUT2D eigenvalue weighted by Gasteiger charge is 2.41. The molecular formula is C28H39ClN2O4S. The van der Waals surface area contributed by atoms with E-state index in [9.17, 15) is 15.0 Å². The van der Waals surface area contributed by atoms with Crippen LogP contribution in [0.25, 0.3) is 10.9 Å². The van der Waals surface area contributed by atoms with Crippen LogP contribution in [0.15, 0.2) is 24.4 Å². The summed E-state index contributed by atoms with van der Waals surface area (Å²) in [6.45, 7) is 2.64. The van der Waals surface area contributed by atoms with Gasteiger partial charge in [-0.1, -0.05) is 30.9 Å². The molecule has 1 aliphatic carbocycles. The van der Waals surface area contributed by atoms with E-state index in [0.717, 1.165) is 42.2 Å². The first-order valence-corrected chi connectivity index (χ1v) is 14.7. The van der Waals surface area contributed by atoms with E-state index in [1.807, 2.05) is 18.2 Å². The predicted octanol–water partition coefficient (Wildman–Crippen LogP) is 6.33. The van der Waals surface area contributed by atoms with Crippen LogP contribution in [0.5, 0.6) is 5.75 Å². The zero-order chi connectivity index (χ0) is 25.5. The average molecular weight is 535 g/mol. The number of pyridine rings is 1. The standard InChI is InChI=1S/C28H39ClN2O4S/c1-35-20-8-9-24-22(18-20)26(23(29)19-30-24)25(32)10-11-28(27(33)34)12-15-31(16-13-28)14-5-17-36-21-6-3-2-4-7-21/h8-9,18-19,21,25,32H,2-7,10-17H2,1H3,(H,33,34). The number of hydrogen-bond acceptors (Lipinski definition) is 6. The van der Waals surface area contributed by atoms with Gasteiger partial charge in [-0.05, 0) is 88.5 Å². The van der Waals surface area contributed by atoms with Gasteiger partial charge < -0.3 is 19.8 Å². The van der Waals surface area contributed by atoms with Gasteiger partial charge in [0, 0.05) is 22.4 Å². The number of carboxylic acid groups (broad SMARTS) is 1. The normalized spacial score (nSPS) is 19.9. The van der Waals surface area contributed by atoms with E-state index in [0.29, 0.717) is 42.0 Å². The lowest BCUT2D eigenvalue weighted by atomic mass is 9.74. The van der Waals surface area contributed by atoms with E-state index in [2.05, 4.69) is 21.6 Å². The number of likely N-dealkylation sites (tertiary alicyclic amines) is 1. The fourth-order valence-electron chi connectivity index (χ4n) is 5.74. The zero-order valence-electron chi connectivity index (χ0n) is 21.3. The van der Waals surface area contributed by atoms with Crippen molar-refractivity contribution in [3.63, 3.8) is 0 Å². The molecule has 2 heterocycles. The smallest absolute Gasteiger partial charge is 0.309 e. The van der Waals surface area contributed by atoms with E-state index in [-0.39, 0.29) is 0 Å². The van der Waals surface area contributed by atoms with Crippen LogP contribution >= 0.6 is 23.4 Å². The SMILES string of the molecule is COc1ccc2ncc(Cl)c(C(O)CCC3(C(=O)O)CCN(CCCSC4CCCCC4)CC3)c2c1. The average Bonchev–Trinajstić information content (AvgIpc) is 2.90. The number of aromatic nitrogens is 1. The van der Waals surface area contributed by atoms with Crippen LogP contribution in [0, 0.1) is 5.41 Å². The number of nitrogens with zero attached hydrogens (tertiary/aromatic N) is 2. The largest absolute Gasteiger partial charge is 0.497 e. The number of ether oxygens (including phenoxy) is 1. The Morgan fingerprint density at radius 1 is 1.28 bits per heavy atom. The molecule has 1 aromatic heterocycles. The van der Waals surface area contributed by atoms with Crippen molar-refractivity contribution in [3.05, 3.63) is 35.0 Å². The summed E-state index contributed by atoms with van der Waals surface area (Å²) in [6, 6.07) is 5.48. The van der Waals surface area contributed by atoms with Crippen LogP contribution in [-0.2, 0) is 4.79 Å². The van der Waals surface area contributed by atoms with E-state index >= 15 is 0 Å². The number of aliphatic carboxylic acids is 1. The molecule has 2 N–H and O–H groups in total. The van der Waals surface area contributed by atoms with E-state index in [1.165, 1.54) is 37.9 Å². The molecule has 1 saturated carbocycles. The number of rotatable bonds is 11. The summed E-state index contributed by atoms with van der Waals surface area (Å²) in [6.07, 6.45) is 10.7. The Morgan fingerprint density at radius 2 is 2.03 bits per heavy atom. The fourth-order valence-corrected chi connectivity index (χ4v) is 7.31. The van der Waals surface area contributed by atoms with Crippen molar-refractivity contribution < 1.29 is 19.7 Å². The first-order valence-electron chi connectivity index (χ1n) is 13.3. The molecule has 1 unspecified atom stereocenters. The van der Waals surface area contributed by atoms with Gasteiger partial charge in [0.15, 0.2) is 0 Å². The number of carboxylic acids is 1. The third-order valence-electron chi connectivity index (χ3n) is 8.09. The highest BCUT2D eigenvalue weighted by atomic mass is 35.5. The number of piperidine rings is 1. The molecule has 0 amide bonds. The maximum atomic E-state index is 12.4. The van der Waals surface area contributed by atoms with Crippen LogP contribution in [-0.4, -0.2) is 63.8 Å². The predicted molar refractivity (Wildman–Crippen MR) is 147 cm³/mol. The molecule has 6 nitrogen and oxygen atoms in total. The summed E-state index contributed by atoms with van der Waals surface area (Å²) in [7, 11) is 1.59. The van der Waals surface area contributed by atoms with Crippen molar-refractivity contribution in [3.8, 4) is 5.75 Å². The second-order valence-corrected chi connectivity index (χ2v) is 12.2. The first-order chi connectivity index (χ1) is 17.4. The Balaban J connectivity index is 1.32. The second-order valence-electron chi connectivity index (χ2n) is 10.4. The molecule has 2 aliphatic rings. The third kappa shape index (κ3) is 6.66. The van der Waals surface area contributed by atoms with Crippen molar-refractivity contribution in [2.75, 3.05) is 32.5 Å². The minimum absolute atomic E-state index is 0.334. The fraction of sp³-hybridized carbons (Fsp3) is 0.643. The lowest BCUT2D eigenvalue weighted by Gasteiger charge is -2.39. The summed E-state index contributed by atoms with van der Waals surface area (Å²) in [5.41, 5.74) is 0.507. The maximum Gasteiger partial charge on any atom is 0.309 e. The molecule has 2 fully saturated rings. The monoisotopic (exact) mass is 534 g/mol. The number of fused-ring (bicyclic) bond motifs is 1. The summed E-state index contributed by atoms with van der Waals surface area (Å²) in [4.78, 5) is 19.1. The number of carbonyl (C=O) groups is 1. The molecule has 1 aliphatic heterocycles. The topological polar surface area (TPSA) is 82.9 Å². The molecule has 1 atom stereocenters. The van der Waals surface area contributed by atoms with Crippen molar-refractivity contribution in [2.24, 2.45) is 5.41 Å². The molecule has 1 aromatic carbocycles. The summed E-state index contributed by atoms with van der Waals surface area (Å²) < 4.78 is 5.34. The maximum absolute atomic E-state index is 12.4. The lowest BCUT2D eigenvalue weighted by Crippen LogP contribution is -2.44. The summed E-state index contributed by atoms with van der Waals surface area (Å²) in [5, 5.41) is 23.3. The molecule has 36 heavy (non-hydrogen) atoms. The van der Waals surface area contributed by atoms with Crippen LogP contribution < -0.4 is 4.74 Å². The minimum atomic E-state index is -0.874. The number of hydrogen-bond donors (Lipinski definition) is 2. The van der Waals surface area contributed by atoms with Gasteiger partial charge in [0.2, 0.25) is 0 Å². The van der Waals surface area contributed by atoms with Crippen LogP contribution in [0.3, 0.4) is 0 Å². The Kier molecular flexibility index (Phi) is 9.78. The van der Waals surface area contributed by atoms with Gasteiger partial charge in [-0.3, -0.25) is 9.78 Å². The van der Waals surface area contributed by atoms with E-state index in [1.54, 1.807) is 13.3 Å². The number of aliphatic hydroxyl groups is 1. The van der Waals surface area contributed by atoms with Crippen LogP contribution in [0.1, 0.15) is 75.9 Å². The van der Waals surface area contributed by atoms with E-state index < -0.39 is 17.5 Å². The quantitative estimate of drug-likeness (QED) is 0.326. The van der Waals surface area contributed by atoms with Crippen molar-refractivity contribution in [1.29, 1.82) is 0 Å².